The lowest BCUT2D eigenvalue weighted by Gasteiger charge is -2.32. The van der Waals surface area contributed by atoms with E-state index in [1.165, 1.54) is 23.6 Å². The maximum Gasteiger partial charge on any atom is 0.224 e. The van der Waals surface area contributed by atoms with Crippen molar-refractivity contribution >= 4 is 15.9 Å². The zero-order valence-electron chi connectivity index (χ0n) is 12.3. The molecule has 2 rings (SSSR count). The van der Waals surface area contributed by atoms with Crippen molar-refractivity contribution in [2.24, 2.45) is 5.92 Å². The van der Waals surface area contributed by atoms with Gasteiger partial charge in [0.15, 0.2) is 0 Å². The first kappa shape index (κ1) is 15.8. The molecular formula is C14H26N2O3S. The number of nitrogens with one attached hydrogen (secondary N) is 1. The van der Waals surface area contributed by atoms with E-state index in [0.29, 0.717) is 19.1 Å². The van der Waals surface area contributed by atoms with E-state index in [9.17, 15) is 13.2 Å². The van der Waals surface area contributed by atoms with Crippen LogP contribution in [0.1, 0.15) is 51.9 Å². The Morgan fingerprint density at radius 3 is 2.50 bits per heavy atom. The maximum absolute atomic E-state index is 12.3. The number of carbonyl (C=O) groups is 1. The Balaban J connectivity index is 1.89. The number of hydrogen-bond donors (Lipinski definition) is 1. The summed E-state index contributed by atoms with van der Waals surface area (Å²) < 4.78 is 25.3. The van der Waals surface area contributed by atoms with Gasteiger partial charge in [-0.25, -0.2) is 12.7 Å². The van der Waals surface area contributed by atoms with Crippen molar-refractivity contribution in [2.45, 2.75) is 57.9 Å². The molecule has 1 saturated carbocycles. The van der Waals surface area contributed by atoms with Gasteiger partial charge in [0.25, 0.3) is 0 Å². The number of nitrogens with zero attached hydrogens (tertiary/aromatic N) is 1. The highest BCUT2D eigenvalue weighted by Gasteiger charge is 2.32. The highest BCUT2D eigenvalue weighted by molar-refractivity contribution is 7.89. The Bertz CT molecular complexity index is 430. The summed E-state index contributed by atoms with van der Waals surface area (Å²) in [5.74, 6) is -0.0100. The van der Waals surface area contributed by atoms with Crippen molar-refractivity contribution in [3.05, 3.63) is 0 Å². The van der Waals surface area contributed by atoms with Gasteiger partial charge in [0.05, 0.1) is 11.7 Å². The molecule has 2 aliphatic rings. The normalized spacial score (nSPS) is 26.4. The van der Waals surface area contributed by atoms with Crippen LogP contribution in [0.5, 0.6) is 0 Å². The number of rotatable bonds is 4. The lowest BCUT2D eigenvalue weighted by Crippen LogP contribution is -2.48. The van der Waals surface area contributed by atoms with Crippen LogP contribution < -0.4 is 5.32 Å². The molecule has 0 aromatic heterocycles. The molecule has 116 valence electrons. The molecule has 1 saturated heterocycles. The van der Waals surface area contributed by atoms with E-state index in [4.69, 9.17) is 0 Å². The number of piperidine rings is 1. The van der Waals surface area contributed by atoms with Gasteiger partial charge in [-0.1, -0.05) is 19.3 Å². The third kappa shape index (κ3) is 3.95. The van der Waals surface area contributed by atoms with Crippen molar-refractivity contribution in [3.8, 4) is 0 Å². The molecule has 1 aliphatic heterocycles. The molecule has 0 aromatic carbocycles. The van der Waals surface area contributed by atoms with E-state index < -0.39 is 10.0 Å². The number of sulfonamides is 1. The van der Waals surface area contributed by atoms with Crippen molar-refractivity contribution in [3.63, 3.8) is 0 Å². The van der Waals surface area contributed by atoms with Gasteiger partial charge < -0.3 is 5.32 Å². The van der Waals surface area contributed by atoms with Crippen LogP contribution in [0.2, 0.25) is 0 Å². The van der Waals surface area contributed by atoms with Gasteiger partial charge >= 0.3 is 0 Å². The summed E-state index contributed by atoms with van der Waals surface area (Å²) >= 11 is 0. The fourth-order valence-electron chi connectivity index (χ4n) is 3.16. The number of carbonyl (C=O) groups excluding carboxylic acids is 1. The molecule has 6 heteroatoms. The van der Waals surface area contributed by atoms with Gasteiger partial charge in [-0.3, -0.25) is 4.79 Å². The molecule has 0 spiro atoms. The number of hydrogen-bond acceptors (Lipinski definition) is 3. The van der Waals surface area contributed by atoms with E-state index in [1.807, 2.05) is 0 Å². The second-order valence-electron chi connectivity index (χ2n) is 5.94. The fraction of sp³-hybridized carbons (Fsp3) is 0.929. The first-order valence-corrected chi connectivity index (χ1v) is 9.42. The van der Waals surface area contributed by atoms with Crippen molar-refractivity contribution < 1.29 is 13.2 Å². The van der Waals surface area contributed by atoms with Crippen LogP contribution in [-0.2, 0) is 14.8 Å². The summed E-state index contributed by atoms with van der Waals surface area (Å²) in [5.41, 5.74) is 0. The topological polar surface area (TPSA) is 66.5 Å². The smallest absolute Gasteiger partial charge is 0.224 e. The predicted octanol–water partition coefficient (Wildman–Crippen LogP) is 1.50. The summed E-state index contributed by atoms with van der Waals surface area (Å²) in [4.78, 5) is 12.3. The molecule has 0 radical (unpaired) electrons. The zero-order valence-corrected chi connectivity index (χ0v) is 13.1. The summed E-state index contributed by atoms with van der Waals surface area (Å²) in [6.45, 7) is 2.57. The first-order chi connectivity index (χ1) is 9.53. The molecule has 1 aliphatic carbocycles. The minimum Gasteiger partial charge on any atom is -0.353 e. The van der Waals surface area contributed by atoms with Crippen LogP contribution in [0, 0.1) is 5.92 Å². The van der Waals surface area contributed by atoms with Crippen LogP contribution >= 0.6 is 0 Å². The Hall–Kier alpha value is -0.620. The van der Waals surface area contributed by atoms with E-state index in [2.05, 4.69) is 5.32 Å². The molecule has 0 aromatic rings. The average Bonchev–Trinajstić information content (AvgIpc) is 2.48. The third-order valence-corrected chi connectivity index (χ3v) is 6.31. The molecule has 0 unspecified atom stereocenters. The lowest BCUT2D eigenvalue weighted by molar-refractivity contribution is -0.127. The van der Waals surface area contributed by atoms with Gasteiger partial charge in [-0.2, -0.15) is 0 Å². The molecule has 5 nitrogen and oxygen atoms in total. The highest BCUT2D eigenvalue weighted by atomic mass is 32.2. The Labute approximate surface area is 122 Å². The van der Waals surface area contributed by atoms with Crippen LogP contribution in [0.15, 0.2) is 0 Å². The van der Waals surface area contributed by atoms with Crippen molar-refractivity contribution in [1.82, 2.24) is 9.62 Å². The molecule has 2 fully saturated rings. The van der Waals surface area contributed by atoms with E-state index in [1.54, 1.807) is 6.92 Å². The predicted molar refractivity (Wildman–Crippen MR) is 78.8 cm³/mol. The van der Waals surface area contributed by atoms with E-state index in [0.717, 1.165) is 25.7 Å². The van der Waals surface area contributed by atoms with Crippen LogP contribution in [0.4, 0.5) is 0 Å². The second-order valence-corrected chi connectivity index (χ2v) is 8.20. The van der Waals surface area contributed by atoms with Crippen molar-refractivity contribution in [1.29, 1.82) is 0 Å². The molecule has 1 heterocycles. The van der Waals surface area contributed by atoms with Crippen LogP contribution in [0.25, 0.3) is 0 Å². The second kappa shape index (κ2) is 6.89. The fourth-order valence-corrected chi connectivity index (χ4v) is 4.34. The lowest BCUT2D eigenvalue weighted by atomic mass is 9.93. The van der Waals surface area contributed by atoms with Crippen molar-refractivity contribution in [2.75, 3.05) is 18.8 Å². The maximum atomic E-state index is 12.3. The standard InChI is InChI=1S/C14H26N2O3S/c1-2-20(18,19)16-10-6-7-12(11-16)14(17)15-13-8-4-3-5-9-13/h12-13H,2-11H2,1H3,(H,15,17)/t12-/m0/s1. The summed E-state index contributed by atoms with van der Waals surface area (Å²) in [5, 5.41) is 3.12. The van der Waals surface area contributed by atoms with Gasteiger partial charge in [-0.05, 0) is 32.6 Å². The molecule has 1 amide bonds. The molecular weight excluding hydrogens is 276 g/mol. The molecule has 20 heavy (non-hydrogen) atoms. The molecule has 1 atom stereocenters. The summed E-state index contributed by atoms with van der Waals surface area (Å²) in [6, 6.07) is 0.300. The molecule has 0 bridgehead atoms. The third-order valence-electron chi connectivity index (χ3n) is 4.46. The first-order valence-electron chi connectivity index (χ1n) is 7.81. The van der Waals surface area contributed by atoms with Gasteiger partial charge in [0.2, 0.25) is 15.9 Å². The molecule has 1 N–H and O–H groups in total. The van der Waals surface area contributed by atoms with E-state index in [-0.39, 0.29) is 17.6 Å². The van der Waals surface area contributed by atoms with Gasteiger partial charge in [0, 0.05) is 19.1 Å². The monoisotopic (exact) mass is 302 g/mol. The van der Waals surface area contributed by atoms with E-state index >= 15 is 0 Å². The Morgan fingerprint density at radius 1 is 1.15 bits per heavy atom. The van der Waals surface area contributed by atoms with Gasteiger partial charge in [0.1, 0.15) is 0 Å². The Kier molecular flexibility index (Phi) is 5.43. The largest absolute Gasteiger partial charge is 0.353 e. The summed E-state index contributed by atoms with van der Waals surface area (Å²) in [6.07, 6.45) is 7.34. The minimum atomic E-state index is -3.17. The van der Waals surface area contributed by atoms with Crippen LogP contribution in [-0.4, -0.2) is 43.5 Å². The van der Waals surface area contributed by atoms with Crippen LogP contribution in [0.3, 0.4) is 0 Å². The SMILES string of the molecule is CCS(=O)(=O)N1CCC[C@H](C(=O)NC2CCCCC2)C1. The Morgan fingerprint density at radius 2 is 1.85 bits per heavy atom. The number of amides is 1. The quantitative estimate of drug-likeness (QED) is 0.856. The minimum absolute atomic E-state index is 0.0490. The average molecular weight is 302 g/mol. The highest BCUT2D eigenvalue weighted by Crippen LogP contribution is 2.22. The summed E-state index contributed by atoms with van der Waals surface area (Å²) in [7, 11) is -3.17. The zero-order chi connectivity index (χ0) is 14.6. The van der Waals surface area contributed by atoms with Gasteiger partial charge in [-0.15, -0.1) is 0 Å².